The van der Waals surface area contributed by atoms with Crippen LogP contribution in [0.5, 0.6) is 5.75 Å². The lowest BCUT2D eigenvalue weighted by atomic mass is 10.0. The molecule has 0 unspecified atom stereocenters. The molecule has 4 aromatic rings. The Kier molecular flexibility index (Phi) is 4.39. The van der Waals surface area contributed by atoms with Crippen molar-refractivity contribution in [3.63, 3.8) is 0 Å². The molecule has 0 aliphatic carbocycles. The minimum atomic E-state index is -0.561. The topological polar surface area (TPSA) is 79.1 Å². The third-order valence-electron chi connectivity index (χ3n) is 4.58. The normalized spacial score (nSPS) is 11.2. The monoisotopic (exact) mass is 396 g/mol. The molecule has 28 heavy (non-hydrogen) atoms. The van der Waals surface area contributed by atoms with Crippen LogP contribution in [-0.2, 0) is 11.8 Å². The van der Waals surface area contributed by atoms with Crippen molar-refractivity contribution in [2.75, 3.05) is 14.2 Å². The van der Waals surface area contributed by atoms with Crippen LogP contribution < -0.4 is 4.74 Å². The molecule has 142 valence electrons. The van der Waals surface area contributed by atoms with Crippen molar-refractivity contribution >= 4 is 39.4 Å². The van der Waals surface area contributed by atoms with E-state index in [1.807, 2.05) is 26.2 Å². The largest absolute Gasteiger partial charge is 0.496 e. The molecule has 0 aliphatic rings. The summed E-state index contributed by atoms with van der Waals surface area (Å²) >= 11 is 6.09. The third-order valence-corrected chi connectivity index (χ3v) is 4.81. The van der Waals surface area contributed by atoms with Gasteiger partial charge in [-0.05, 0) is 31.2 Å². The molecule has 2 heterocycles. The van der Waals surface area contributed by atoms with Gasteiger partial charge in [0.25, 0.3) is 0 Å². The van der Waals surface area contributed by atoms with Crippen molar-refractivity contribution in [2.24, 2.45) is 7.05 Å². The number of esters is 1. The molecule has 7 nitrogen and oxygen atoms in total. The van der Waals surface area contributed by atoms with E-state index >= 15 is 0 Å². The minimum Gasteiger partial charge on any atom is -0.496 e. The van der Waals surface area contributed by atoms with E-state index in [1.165, 1.54) is 7.11 Å². The zero-order valence-corrected chi connectivity index (χ0v) is 16.5. The highest BCUT2D eigenvalue weighted by molar-refractivity contribution is 6.31. The summed E-state index contributed by atoms with van der Waals surface area (Å²) in [4.78, 5) is 21.5. The van der Waals surface area contributed by atoms with Gasteiger partial charge in [-0.1, -0.05) is 11.6 Å². The van der Waals surface area contributed by atoms with Crippen LogP contribution in [0, 0.1) is 6.92 Å². The Hall–Kier alpha value is -3.19. The summed E-state index contributed by atoms with van der Waals surface area (Å²) in [7, 11) is 4.76. The maximum Gasteiger partial charge on any atom is 0.357 e. The summed E-state index contributed by atoms with van der Waals surface area (Å²) < 4.78 is 12.3. The van der Waals surface area contributed by atoms with E-state index in [0.29, 0.717) is 33.1 Å². The molecule has 4 rings (SSSR count). The SMILES string of the molecule is COC(=O)c1nc(-c2cc3cn(C)nc3c(C)c2OC)nc2ccc(Cl)cc12. The van der Waals surface area contributed by atoms with Gasteiger partial charge >= 0.3 is 5.97 Å². The van der Waals surface area contributed by atoms with E-state index in [0.717, 1.165) is 16.5 Å². The molecular weight excluding hydrogens is 380 g/mol. The fourth-order valence-corrected chi connectivity index (χ4v) is 3.51. The predicted molar refractivity (Wildman–Crippen MR) is 107 cm³/mol. The van der Waals surface area contributed by atoms with Crippen molar-refractivity contribution in [3.8, 4) is 17.1 Å². The summed E-state index contributed by atoms with van der Waals surface area (Å²) in [5.41, 5.74) is 3.11. The second kappa shape index (κ2) is 6.76. The Labute approximate surface area is 165 Å². The molecule has 0 atom stereocenters. The van der Waals surface area contributed by atoms with Crippen molar-refractivity contribution < 1.29 is 14.3 Å². The lowest BCUT2D eigenvalue weighted by molar-refractivity contribution is 0.0596. The zero-order valence-electron chi connectivity index (χ0n) is 15.8. The molecular formula is C20H17ClN4O3. The predicted octanol–water partition coefficient (Wildman–Crippen LogP) is 3.94. The van der Waals surface area contributed by atoms with Crippen LogP contribution >= 0.6 is 11.6 Å². The Morgan fingerprint density at radius 3 is 2.68 bits per heavy atom. The first kappa shape index (κ1) is 18.2. The number of aryl methyl sites for hydroxylation is 2. The first-order chi connectivity index (χ1) is 13.4. The van der Waals surface area contributed by atoms with E-state index in [-0.39, 0.29) is 5.69 Å². The summed E-state index contributed by atoms with van der Waals surface area (Å²) in [5, 5.41) is 6.42. The second-order valence-electron chi connectivity index (χ2n) is 6.37. The molecule has 2 aromatic heterocycles. The Morgan fingerprint density at radius 1 is 1.18 bits per heavy atom. The van der Waals surface area contributed by atoms with Gasteiger partial charge < -0.3 is 9.47 Å². The first-order valence-electron chi connectivity index (χ1n) is 8.50. The van der Waals surface area contributed by atoms with Crippen molar-refractivity contribution in [1.29, 1.82) is 0 Å². The molecule has 0 fully saturated rings. The van der Waals surface area contributed by atoms with E-state index in [9.17, 15) is 4.79 Å². The molecule has 0 radical (unpaired) electrons. The molecule has 0 aliphatic heterocycles. The number of benzene rings is 2. The number of aromatic nitrogens is 4. The second-order valence-corrected chi connectivity index (χ2v) is 6.81. The fourth-order valence-electron chi connectivity index (χ4n) is 3.34. The molecule has 0 N–H and O–H groups in total. The van der Waals surface area contributed by atoms with Crippen LogP contribution in [-0.4, -0.2) is 39.9 Å². The molecule has 0 saturated carbocycles. The van der Waals surface area contributed by atoms with Gasteiger partial charge in [0.2, 0.25) is 0 Å². The van der Waals surface area contributed by atoms with E-state index in [2.05, 4.69) is 15.1 Å². The van der Waals surface area contributed by atoms with Gasteiger partial charge in [-0.25, -0.2) is 14.8 Å². The standard InChI is InChI=1S/C20H17ClN4O3/c1-10-16-11(9-25(2)24-16)7-14(18(10)27-3)19-22-15-6-5-12(21)8-13(15)17(23-19)20(26)28-4/h5-9H,1-4H3. The molecule has 0 bridgehead atoms. The maximum absolute atomic E-state index is 12.4. The van der Waals surface area contributed by atoms with Crippen LogP contribution in [0.4, 0.5) is 0 Å². The lowest BCUT2D eigenvalue weighted by Crippen LogP contribution is -2.08. The fraction of sp³-hybridized carbons (Fsp3) is 0.200. The van der Waals surface area contributed by atoms with E-state index in [4.69, 9.17) is 21.1 Å². The van der Waals surface area contributed by atoms with Crippen molar-refractivity contribution in [2.45, 2.75) is 6.92 Å². The Bertz CT molecular complexity index is 1250. The molecule has 0 spiro atoms. The zero-order chi connectivity index (χ0) is 20.0. The van der Waals surface area contributed by atoms with Crippen molar-refractivity contribution in [3.05, 3.63) is 46.7 Å². The minimum absolute atomic E-state index is 0.149. The molecule has 8 heteroatoms. The maximum atomic E-state index is 12.4. The number of ether oxygens (including phenoxy) is 2. The number of hydrogen-bond acceptors (Lipinski definition) is 6. The quantitative estimate of drug-likeness (QED) is 0.488. The number of halogens is 1. The number of hydrogen-bond donors (Lipinski definition) is 0. The number of rotatable bonds is 3. The number of carbonyl (C=O) groups excluding carboxylic acids is 1. The summed E-state index contributed by atoms with van der Waals surface area (Å²) in [5.74, 6) is 0.408. The summed E-state index contributed by atoms with van der Waals surface area (Å²) in [6, 6.07) is 7.03. The van der Waals surface area contributed by atoms with Gasteiger partial charge in [-0.3, -0.25) is 4.68 Å². The van der Waals surface area contributed by atoms with Crippen LogP contribution in [0.1, 0.15) is 16.1 Å². The number of carbonyl (C=O) groups is 1. The van der Waals surface area contributed by atoms with E-state index in [1.54, 1.807) is 30.0 Å². The number of fused-ring (bicyclic) bond motifs is 2. The first-order valence-corrected chi connectivity index (χ1v) is 8.87. The smallest absolute Gasteiger partial charge is 0.357 e. The van der Waals surface area contributed by atoms with Crippen LogP contribution in [0.15, 0.2) is 30.5 Å². The number of methoxy groups -OCH3 is 2. The molecule has 0 amide bonds. The molecule has 2 aromatic carbocycles. The van der Waals surface area contributed by atoms with Gasteiger partial charge in [0.1, 0.15) is 5.75 Å². The molecule has 0 saturated heterocycles. The van der Waals surface area contributed by atoms with Gasteiger partial charge in [0, 0.05) is 34.6 Å². The Balaban J connectivity index is 2.06. The summed E-state index contributed by atoms with van der Waals surface area (Å²) in [6.07, 6.45) is 1.91. The summed E-state index contributed by atoms with van der Waals surface area (Å²) in [6.45, 7) is 1.93. The number of nitrogens with zero attached hydrogens (tertiary/aromatic N) is 4. The highest BCUT2D eigenvalue weighted by Gasteiger charge is 2.21. The highest BCUT2D eigenvalue weighted by atomic mass is 35.5. The van der Waals surface area contributed by atoms with Crippen LogP contribution in [0.3, 0.4) is 0 Å². The Morgan fingerprint density at radius 2 is 1.96 bits per heavy atom. The van der Waals surface area contributed by atoms with Crippen molar-refractivity contribution in [1.82, 2.24) is 19.7 Å². The van der Waals surface area contributed by atoms with Gasteiger partial charge in [0.05, 0.1) is 30.8 Å². The van der Waals surface area contributed by atoms with Gasteiger partial charge in [-0.2, -0.15) is 5.10 Å². The lowest BCUT2D eigenvalue weighted by Gasteiger charge is -2.13. The van der Waals surface area contributed by atoms with Gasteiger partial charge in [-0.15, -0.1) is 0 Å². The third kappa shape index (κ3) is 2.84. The van der Waals surface area contributed by atoms with Crippen LogP contribution in [0.2, 0.25) is 5.02 Å². The van der Waals surface area contributed by atoms with Crippen LogP contribution in [0.25, 0.3) is 33.2 Å². The highest BCUT2D eigenvalue weighted by Crippen LogP contribution is 2.37. The average Bonchev–Trinajstić information content (AvgIpc) is 3.07. The van der Waals surface area contributed by atoms with Gasteiger partial charge in [0.15, 0.2) is 11.5 Å². The van der Waals surface area contributed by atoms with E-state index < -0.39 is 5.97 Å². The average molecular weight is 397 g/mol.